The Morgan fingerprint density at radius 3 is 2.35 bits per heavy atom. The van der Waals surface area contributed by atoms with Crippen LogP contribution in [0.25, 0.3) is 0 Å². The summed E-state index contributed by atoms with van der Waals surface area (Å²) < 4.78 is 44.2. The van der Waals surface area contributed by atoms with Gasteiger partial charge in [0.05, 0.1) is 12.7 Å². The van der Waals surface area contributed by atoms with Crippen molar-refractivity contribution in [1.29, 1.82) is 0 Å². The maximum Gasteiger partial charge on any atom is 0.416 e. The van der Waals surface area contributed by atoms with Crippen LogP contribution in [-0.4, -0.2) is 50.1 Å². The van der Waals surface area contributed by atoms with Crippen LogP contribution < -0.4 is 4.74 Å². The van der Waals surface area contributed by atoms with Gasteiger partial charge in [0, 0.05) is 32.7 Å². The second kappa shape index (κ2) is 6.01. The molecular formula is C14H19F3N2O. The van der Waals surface area contributed by atoms with Crippen molar-refractivity contribution in [1.82, 2.24) is 9.80 Å². The first-order valence-electron chi connectivity index (χ1n) is 6.55. The number of hydrogen-bond acceptors (Lipinski definition) is 3. The van der Waals surface area contributed by atoms with Crippen LogP contribution in [0.15, 0.2) is 18.2 Å². The molecule has 0 amide bonds. The zero-order valence-corrected chi connectivity index (χ0v) is 11.7. The molecule has 0 bridgehead atoms. The molecular weight excluding hydrogens is 269 g/mol. The summed E-state index contributed by atoms with van der Waals surface area (Å²) in [6.07, 6.45) is -4.35. The molecule has 0 aromatic heterocycles. The van der Waals surface area contributed by atoms with E-state index in [4.69, 9.17) is 4.74 Å². The molecule has 112 valence electrons. The lowest BCUT2D eigenvalue weighted by Gasteiger charge is -2.32. The zero-order valence-electron chi connectivity index (χ0n) is 11.7. The highest BCUT2D eigenvalue weighted by molar-refractivity contribution is 5.37. The Morgan fingerprint density at radius 1 is 1.15 bits per heavy atom. The molecule has 1 aliphatic rings. The van der Waals surface area contributed by atoms with Gasteiger partial charge in [-0.3, -0.25) is 4.90 Å². The van der Waals surface area contributed by atoms with Crippen LogP contribution in [0.5, 0.6) is 5.75 Å². The van der Waals surface area contributed by atoms with Gasteiger partial charge >= 0.3 is 6.18 Å². The van der Waals surface area contributed by atoms with Crippen LogP contribution in [0.3, 0.4) is 0 Å². The molecule has 20 heavy (non-hydrogen) atoms. The van der Waals surface area contributed by atoms with E-state index in [9.17, 15) is 13.2 Å². The molecule has 0 unspecified atom stereocenters. The van der Waals surface area contributed by atoms with E-state index in [1.54, 1.807) is 6.07 Å². The summed E-state index contributed by atoms with van der Waals surface area (Å²) in [4.78, 5) is 4.23. The largest absolute Gasteiger partial charge is 0.497 e. The summed E-state index contributed by atoms with van der Waals surface area (Å²) in [5.41, 5.74) is -0.293. The number of alkyl halides is 3. The van der Waals surface area contributed by atoms with Crippen molar-refractivity contribution in [2.45, 2.75) is 12.7 Å². The van der Waals surface area contributed by atoms with Gasteiger partial charge in [0.15, 0.2) is 0 Å². The van der Waals surface area contributed by atoms with E-state index in [0.29, 0.717) is 12.1 Å². The Balaban J connectivity index is 2.18. The maximum atomic E-state index is 13.1. The van der Waals surface area contributed by atoms with Gasteiger partial charge in [-0.2, -0.15) is 13.2 Å². The fourth-order valence-electron chi connectivity index (χ4n) is 2.33. The Bertz CT molecular complexity index is 454. The van der Waals surface area contributed by atoms with Crippen LogP contribution in [0, 0.1) is 0 Å². The van der Waals surface area contributed by atoms with E-state index >= 15 is 0 Å². The van der Waals surface area contributed by atoms with Crippen LogP contribution in [-0.2, 0) is 12.7 Å². The van der Waals surface area contributed by atoms with Crippen molar-refractivity contribution in [2.24, 2.45) is 0 Å². The van der Waals surface area contributed by atoms with E-state index in [0.717, 1.165) is 32.2 Å². The highest BCUT2D eigenvalue weighted by atomic mass is 19.4. The molecule has 3 nitrogen and oxygen atoms in total. The molecule has 1 fully saturated rings. The fourth-order valence-corrected chi connectivity index (χ4v) is 2.33. The van der Waals surface area contributed by atoms with Crippen molar-refractivity contribution < 1.29 is 17.9 Å². The Morgan fingerprint density at radius 2 is 1.80 bits per heavy atom. The number of rotatable bonds is 3. The fraction of sp³-hybridized carbons (Fsp3) is 0.571. The molecule has 0 radical (unpaired) electrons. The molecule has 1 aromatic carbocycles. The summed E-state index contributed by atoms with van der Waals surface area (Å²) in [7, 11) is 3.39. The predicted molar refractivity (Wildman–Crippen MR) is 70.8 cm³/mol. The Hall–Kier alpha value is -1.27. The Kier molecular flexibility index (Phi) is 4.55. The summed E-state index contributed by atoms with van der Waals surface area (Å²) in [6.45, 7) is 3.68. The third kappa shape index (κ3) is 3.64. The van der Waals surface area contributed by atoms with Crippen molar-refractivity contribution in [3.05, 3.63) is 29.3 Å². The standard InChI is InChI=1S/C14H19F3N2O/c1-18-5-7-19(8-6-18)10-11-3-4-12(20-2)9-13(11)14(15,16)17/h3-4,9H,5-8,10H2,1-2H3. The van der Waals surface area contributed by atoms with Gasteiger partial charge in [-0.25, -0.2) is 0 Å². The lowest BCUT2D eigenvalue weighted by molar-refractivity contribution is -0.138. The van der Waals surface area contributed by atoms with Gasteiger partial charge in [0.25, 0.3) is 0 Å². The van der Waals surface area contributed by atoms with Gasteiger partial charge in [0.2, 0.25) is 0 Å². The molecule has 1 aromatic rings. The third-order valence-electron chi connectivity index (χ3n) is 3.61. The first-order chi connectivity index (χ1) is 9.40. The lowest BCUT2D eigenvalue weighted by atomic mass is 10.1. The number of benzene rings is 1. The van der Waals surface area contributed by atoms with Crippen LogP contribution in [0.2, 0.25) is 0 Å². The highest BCUT2D eigenvalue weighted by Gasteiger charge is 2.34. The number of halogens is 3. The smallest absolute Gasteiger partial charge is 0.416 e. The first kappa shape index (κ1) is 15.1. The minimum atomic E-state index is -4.35. The summed E-state index contributed by atoms with van der Waals surface area (Å²) in [5.74, 6) is 0.236. The molecule has 6 heteroatoms. The quantitative estimate of drug-likeness (QED) is 0.850. The average Bonchev–Trinajstić information content (AvgIpc) is 2.40. The first-order valence-corrected chi connectivity index (χ1v) is 6.55. The van der Waals surface area contributed by atoms with E-state index in [1.807, 2.05) is 7.05 Å². The van der Waals surface area contributed by atoms with Gasteiger partial charge in [0.1, 0.15) is 5.75 Å². The average molecular weight is 288 g/mol. The highest BCUT2D eigenvalue weighted by Crippen LogP contribution is 2.35. The molecule has 1 heterocycles. The lowest BCUT2D eigenvalue weighted by Crippen LogP contribution is -2.44. The zero-order chi connectivity index (χ0) is 14.8. The molecule has 1 aliphatic heterocycles. The van der Waals surface area contributed by atoms with Crippen LogP contribution in [0.4, 0.5) is 13.2 Å². The van der Waals surface area contributed by atoms with E-state index < -0.39 is 11.7 Å². The molecule has 0 saturated carbocycles. The number of likely N-dealkylation sites (N-methyl/N-ethyl adjacent to an activating group) is 1. The molecule has 0 atom stereocenters. The van der Waals surface area contributed by atoms with Crippen LogP contribution >= 0.6 is 0 Å². The van der Waals surface area contributed by atoms with Crippen molar-refractivity contribution >= 4 is 0 Å². The molecule has 0 N–H and O–H groups in total. The van der Waals surface area contributed by atoms with Crippen molar-refractivity contribution in [3.8, 4) is 5.75 Å². The van der Waals surface area contributed by atoms with Crippen LogP contribution in [0.1, 0.15) is 11.1 Å². The summed E-state index contributed by atoms with van der Waals surface area (Å²) in [6, 6.07) is 4.17. The Labute approximate surface area is 116 Å². The minimum absolute atomic E-state index is 0.236. The number of piperazine rings is 1. The van der Waals surface area contributed by atoms with Crippen molar-refractivity contribution in [3.63, 3.8) is 0 Å². The molecule has 0 aliphatic carbocycles. The number of hydrogen-bond donors (Lipinski definition) is 0. The van der Waals surface area contributed by atoms with Gasteiger partial charge < -0.3 is 9.64 Å². The van der Waals surface area contributed by atoms with Gasteiger partial charge in [-0.1, -0.05) is 6.07 Å². The van der Waals surface area contributed by atoms with E-state index in [1.165, 1.54) is 13.2 Å². The third-order valence-corrected chi connectivity index (χ3v) is 3.61. The monoisotopic (exact) mass is 288 g/mol. The molecule has 0 spiro atoms. The number of methoxy groups -OCH3 is 1. The topological polar surface area (TPSA) is 15.7 Å². The normalized spacial score (nSPS) is 18.2. The SMILES string of the molecule is COc1ccc(CN2CCN(C)CC2)c(C(F)(F)F)c1. The number of ether oxygens (including phenoxy) is 1. The molecule has 1 saturated heterocycles. The molecule has 2 rings (SSSR count). The summed E-state index contributed by atoms with van der Waals surface area (Å²) in [5, 5.41) is 0. The van der Waals surface area contributed by atoms with Gasteiger partial charge in [-0.15, -0.1) is 0 Å². The maximum absolute atomic E-state index is 13.1. The second-order valence-electron chi connectivity index (χ2n) is 5.10. The predicted octanol–water partition coefficient (Wildman–Crippen LogP) is 2.46. The summed E-state index contributed by atoms with van der Waals surface area (Å²) >= 11 is 0. The van der Waals surface area contributed by atoms with E-state index in [-0.39, 0.29) is 5.75 Å². The number of nitrogens with zero attached hydrogens (tertiary/aromatic N) is 2. The van der Waals surface area contributed by atoms with Gasteiger partial charge in [-0.05, 0) is 24.7 Å². The van der Waals surface area contributed by atoms with Crippen molar-refractivity contribution in [2.75, 3.05) is 40.3 Å². The second-order valence-corrected chi connectivity index (χ2v) is 5.10. The minimum Gasteiger partial charge on any atom is -0.497 e. The van der Waals surface area contributed by atoms with E-state index in [2.05, 4.69) is 9.80 Å².